The van der Waals surface area contributed by atoms with Crippen LogP contribution in [0.25, 0.3) is 0 Å². The van der Waals surface area contributed by atoms with Crippen molar-refractivity contribution in [2.45, 2.75) is 30.8 Å². The Morgan fingerprint density at radius 2 is 1.90 bits per heavy atom. The smallest absolute Gasteiger partial charge is 0.254 e. The maximum atomic E-state index is 13.7. The summed E-state index contributed by atoms with van der Waals surface area (Å²) < 4.78 is 0. The number of rotatable bonds is 4. The lowest BCUT2D eigenvalue weighted by atomic mass is 9.81. The molecule has 1 N–H and O–H groups in total. The minimum absolute atomic E-state index is 0.0111. The van der Waals surface area contributed by atoms with E-state index in [0.29, 0.717) is 44.8 Å². The van der Waals surface area contributed by atoms with Gasteiger partial charge < -0.3 is 10.2 Å². The molecule has 0 aromatic heterocycles. The minimum Gasteiger partial charge on any atom is -0.349 e. The van der Waals surface area contributed by atoms with Crippen LogP contribution in [0.2, 0.25) is 15.1 Å². The fourth-order valence-corrected chi connectivity index (χ4v) is 5.38. The second-order valence-electron chi connectivity index (χ2n) is 7.91. The van der Waals surface area contributed by atoms with E-state index in [1.54, 1.807) is 37.2 Å². The summed E-state index contributed by atoms with van der Waals surface area (Å²) in [6.45, 7) is 0.631. The third-order valence-corrected chi connectivity index (χ3v) is 7.15. The van der Waals surface area contributed by atoms with Crippen molar-refractivity contribution >= 4 is 52.3 Å². The van der Waals surface area contributed by atoms with E-state index in [1.807, 2.05) is 18.2 Å². The third kappa shape index (κ3) is 3.19. The highest BCUT2D eigenvalue weighted by Crippen LogP contribution is 2.53. The molecule has 0 spiro atoms. The quantitative estimate of drug-likeness (QED) is 0.705. The Labute approximate surface area is 190 Å². The van der Waals surface area contributed by atoms with E-state index < -0.39 is 5.54 Å². The molecule has 2 heterocycles. The molecular formula is C22H22Cl3N3O2. The number of amides is 2. The van der Waals surface area contributed by atoms with Gasteiger partial charge in [-0.15, -0.1) is 0 Å². The van der Waals surface area contributed by atoms with Crippen molar-refractivity contribution in [2.24, 2.45) is 0 Å². The summed E-state index contributed by atoms with van der Waals surface area (Å²) in [5, 5.41) is 4.12. The van der Waals surface area contributed by atoms with E-state index in [9.17, 15) is 9.59 Å². The van der Waals surface area contributed by atoms with Gasteiger partial charge in [-0.2, -0.15) is 0 Å². The Morgan fingerprint density at radius 1 is 1.17 bits per heavy atom. The fraction of sp³-hybridized carbons (Fsp3) is 0.364. The summed E-state index contributed by atoms with van der Waals surface area (Å²) in [6, 6.07) is 10.6. The van der Waals surface area contributed by atoms with Gasteiger partial charge in [-0.05, 0) is 31.0 Å². The van der Waals surface area contributed by atoms with Gasteiger partial charge in [0.05, 0.1) is 10.0 Å². The Morgan fingerprint density at radius 3 is 2.60 bits per heavy atom. The zero-order chi connectivity index (χ0) is 21.6. The summed E-state index contributed by atoms with van der Waals surface area (Å²) in [5.41, 5.74) is 0.581. The number of benzene rings is 2. The third-order valence-electron chi connectivity index (χ3n) is 6.01. The molecule has 0 aliphatic carbocycles. The first-order valence-corrected chi connectivity index (χ1v) is 10.9. The van der Waals surface area contributed by atoms with E-state index in [0.717, 1.165) is 12.8 Å². The Bertz CT molecular complexity index is 1030. The van der Waals surface area contributed by atoms with Crippen molar-refractivity contribution in [3.8, 4) is 0 Å². The lowest BCUT2D eigenvalue weighted by Crippen LogP contribution is -2.54. The first-order valence-electron chi connectivity index (χ1n) is 9.80. The molecule has 158 valence electrons. The monoisotopic (exact) mass is 465 g/mol. The van der Waals surface area contributed by atoms with Crippen molar-refractivity contribution in [2.75, 3.05) is 26.0 Å². The zero-order valence-corrected chi connectivity index (χ0v) is 19.0. The number of halogens is 3. The second-order valence-corrected chi connectivity index (χ2v) is 9.10. The van der Waals surface area contributed by atoms with Crippen LogP contribution in [0.1, 0.15) is 30.4 Å². The molecule has 0 bridgehead atoms. The van der Waals surface area contributed by atoms with E-state index >= 15 is 0 Å². The molecule has 8 heteroatoms. The molecule has 2 aromatic rings. The van der Waals surface area contributed by atoms with Crippen LogP contribution in [0.15, 0.2) is 36.4 Å². The first kappa shape index (κ1) is 21.4. The van der Waals surface area contributed by atoms with Crippen LogP contribution in [-0.4, -0.2) is 48.3 Å². The largest absolute Gasteiger partial charge is 0.349 e. The van der Waals surface area contributed by atoms with Crippen molar-refractivity contribution in [1.29, 1.82) is 0 Å². The lowest BCUT2D eigenvalue weighted by Gasteiger charge is -2.42. The van der Waals surface area contributed by atoms with Gasteiger partial charge in [0.25, 0.3) is 5.91 Å². The van der Waals surface area contributed by atoms with Crippen LogP contribution < -0.4 is 5.32 Å². The molecule has 2 aliphatic heterocycles. The van der Waals surface area contributed by atoms with Crippen LogP contribution in [0.4, 0.5) is 5.69 Å². The van der Waals surface area contributed by atoms with Gasteiger partial charge >= 0.3 is 0 Å². The summed E-state index contributed by atoms with van der Waals surface area (Å²) in [6.07, 6.45) is 1.96. The van der Waals surface area contributed by atoms with Crippen LogP contribution >= 0.6 is 34.8 Å². The topological polar surface area (TPSA) is 52.7 Å². The molecule has 2 amide bonds. The molecule has 0 saturated carbocycles. The predicted molar refractivity (Wildman–Crippen MR) is 120 cm³/mol. The minimum atomic E-state index is -1.26. The van der Waals surface area contributed by atoms with Gasteiger partial charge in [-0.1, -0.05) is 53.0 Å². The van der Waals surface area contributed by atoms with Crippen LogP contribution in [0.3, 0.4) is 0 Å². The summed E-state index contributed by atoms with van der Waals surface area (Å²) in [7, 11) is 3.47. The number of hydrogen-bond donors (Lipinski definition) is 1. The lowest BCUT2D eigenvalue weighted by molar-refractivity contribution is -0.132. The van der Waals surface area contributed by atoms with Crippen molar-refractivity contribution in [3.05, 3.63) is 62.6 Å². The number of carbonyl (C=O) groups excluding carboxylic acids is 2. The highest BCUT2D eigenvalue weighted by atomic mass is 35.5. The fourth-order valence-electron chi connectivity index (χ4n) is 4.65. The Hall–Kier alpha value is -1.79. The number of likely N-dealkylation sites (tertiary alicyclic amines) is 1. The molecule has 1 saturated heterocycles. The van der Waals surface area contributed by atoms with Crippen LogP contribution in [0.5, 0.6) is 0 Å². The number of hydrogen-bond acceptors (Lipinski definition) is 3. The van der Waals surface area contributed by atoms with Gasteiger partial charge in [0.15, 0.2) is 5.54 Å². The van der Waals surface area contributed by atoms with Crippen molar-refractivity contribution in [1.82, 2.24) is 9.80 Å². The maximum Gasteiger partial charge on any atom is 0.254 e. The van der Waals surface area contributed by atoms with E-state index in [1.165, 1.54) is 0 Å². The second kappa shape index (κ2) is 8.04. The standard InChI is InChI=1S/C22H22Cl3N3O2/c1-27(2)18(29)12-13-6-5-11-28(13)22(14-7-3-4-8-15(14)23)19-17(26-21(22)30)10-9-16(24)20(19)25/h3-4,7-10,13H,5-6,11-12H2,1-2H3,(H,26,30)/t13-,22?/m0/s1. The number of carbonyl (C=O) groups is 2. The molecule has 5 nitrogen and oxygen atoms in total. The highest BCUT2D eigenvalue weighted by Gasteiger charge is 2.57. The predicted octanol–water partition coefficient (Wildman–Crippen LogP) is 4.79. The van der Waals surface area contributed by atoms with Gasteiger partial charge in [0.2, 0.25) is 5.91 Å². The van der Waals surface area contributed by atoms with Crippen LogP contribution in [0, 0.1) is 0 Å². The molecule has 1 fully saturated rings. The van der Waals surface area contributed by atoms with Gasteiger partial charge in [-0.3, -0.25) is 14.5 Å². The van der Waals surface area contributed by atoms with Crippen molar-refractivity contribution < 1.29 is 9.59 Å². The summed E-state index contributed by atoms with van der Waals surface area (Å²) >= 11 is 19.7. The SMILES string of the molecule is CN(C)C(=O)C[C@@H]1CCCN1C1(c2ccccc2Cl)C(=O)Nc2ccc(Cl)c(Cl)c21. The molecule has 2 atom stereocenters. The number of fused-ring (bicyclic) bond motifs is 1. The number of nitrogens with one attached hydrogen (secondary N) is 1. The average Bonchev–Trinajstić information content (AvgIpc) is 3.27. The zero-order valence-electron chi connectivity index (χ0n) is 16.7. The Kier molecular flexibility index (Phi) is 5.75. The number of anilines is 1. The molecule has 0 radical (unpaired) electrons. The molecule has 2 aliphatic rings. The average molecular weight is 467 g/mol. The van der Waals surface area contributed by atoms with Gasteiger partial charge in [-0.25, -0.2) is 0 Å². The maximum absolute atomic E-state index is 13.7. The summed E-state index contributed by atoms with van der Waals surface area (Å²) in [4.78, 5) is 29.9. The molecule has 1 unspecified atom stereocenters. The van der Waals surface area contributed by atoms with Gasteiger partial charge in [0.1, 0.15) is 0 Å². The first-order chi connectivity index (χ1) is 14.3. The van der Waals surface area contributed by atoms with E-state index in [-0.39, 0.29) is 17.9 Å². The van der Waals surface area contributed by atoms with Crippen molar-refractivity contribution in [3.63, 3.8) is 0 Å². The van der Waals surface area contributed by atoms with E-state index in [4.69, 9.17) is 34.8 Å². The van der Waals surface area contributed by atoms with Crippen LogP contribution in [-0.2, 0) is 15.1 Å². The molecule has 2 aromatic carbocycles. The summed E-state index contributed by atoms with van der Waals surface area (Å²) in [5.74, 6) is -0.226. The number of nitrogens with zero attached hydrogens (tertiary/aromatic N) is 2. The van der Waals surface area contributed by atoms with Gasteiger partial charge in [0, 0.05) is 54.9 Å². The molecule has 4 rings (SSSR count). The normalized spacial score (nSPS) is 23.4. The Balaban J connectivity index is 1.97. The molecule has 30 heavy (non-hydrogen) atoms. The molecular weight excluding hydrogens is 445 g/mol. The highest BCUT2D eigenvalue weighted by molar-refractivity contribution is 6.43. The van der Waals surface area contributed by atoms with E-state index in [2.05, 4.69) is 10.2 Å².